The third kappa shape index (κ3) is 4.35. The summed E-state index contributed by atoms with van der Waals surface area (Å²) in [4.78, 5) is 26.9. The summed E-state index contributed by atoms with van der Waals surface area (Å²) in [7, 11) is 0. The maximum Gasteiger partial charge on any atom is 0.265 e. The Kier molecular flexibility index (Phi) is 6.07. The maximum absolute atomic E-state index is 12.9. The van der Waals surface area contributed by atoms with E-state index in [2.05, 4.69) is 17.4 Å². The number of aryl methyl sites for hydroxylation is 3. The Morgan fingerprint density at radius 2 is 1.87 bits per heavy atom. The fraction of sp³-hybridized carbons (Fsp3) is 0.440. The molecule has 5 nitrogen and oxygen atoms in total. The summed E-state index contributed by atoms with van der Waals surface area (Å²) in [6, 6.07) is 11.9. The quantitative estimate of drug-likeness (QED) is 0.750. The first-order chi connectivity index (χ1) is 14.5. The standard InChI is InChI=1S/C25H30N2O3/c1-3-23(30-21-13-11-18-7-4-5-8-19(18)15-21)25(29)26-20-12-10-17(2)22(16-20)27-14-6-9-24(27)28/h10-13,15-16,23H,3-9,14H2,1-2H3,(H,26,29)/t23-/m0/s1. The molecule has 0 aromatic heterocycles. The highest BCUT2D eigenvalue weighted by Gasteiger charge is 2.24. The van der Waals surface area contributed by atoms with Crippen LogP contribution in [-0.2, 0) is 22.4 Å². The number of anilines is 2. The number of rotatable bonds is 6. The first kappa shape index (κ1) is 20.5. The molecule has 2 amide bonds. The van der Waals surface area contributed by atoms with Gasteiger partial charge in [-0.05, 0) is 86.4 Å². The smallest absolute Gasteiger partial charge is 0.265 e. The molecule has 0 unspecified atom stereocenters. The van der Waals surface area contributed by atoms with Crippen LogP contribution in [0.1, 0.15) is 55.7 Å². The number of ether oxygens (including phenoxy) is 1. The topological polar surface area (TPSA) is 58.6 Å². The molecule has 1 heterocycles. The molecule has 1 aliphatic carbocycles. The van der Waals surface area contributed by atoms with Crippen LogP contribution in [0.4, 0.5) is 11.4 Å². The second kappa shape index (κ2) is 8.90. The van der Waals surface area contributed by atoms with Gasteiger partial charge in [-0.15, -0.1) is 0 Å². The molecule has 1 fully saturated rings. The van der Waals surface area contributed by atoms with Crippen molar-refractivity contribution in [3.05, 3.63) is 53.1 Å². The molecule has 1 aliphatic heterocycles. The summed E-state index contributed by atoms with van der Waals surface area (Å²) >= 11 is 0. The number of hydrogen-bond donors (Lipinski definition) is 1. The molecular formula is C25H30N2O3. The van der Waals surface area contributed by atoms with E-state index in [1.54, 1.807) is 0 Å². The number of benzene rings is 2. The number of hydrogen-bond acceptors (Lipinski definition) is 3. The van der Waals surface area contributed by atoms with E-state index in [4.69, 9.17) is 4.74 Å². The van der Waals surface area contributed by atoms with E-state index in [1.165, 1.54) is 24.0 Å². The van der Waals surface area contributed by atoms with Gasteiger partial charge in [-0.3, -0.25) is 9.59 Å². The van der Waals surface area contributed by atoms with Crippen LogP contribution in [0, 0.1) is 6.92 Å². The highest BCUT2D eigenvalue weighted by atomic mass is 16.5. The van der Waals surface area contributed by atoms with Gasteiger partial charge in [0.15, 0.2) is 6.10 Å². The zero-order valence-corrected chi connectivity index (χ0v) is 17.9. The molecule has 1 saturated heterocycles. The SMILES string of the molecule is CC[C@H](Oc1ccc2c(c1)CCCC2)C(=O)Nc1ccc(C)c(N2CCCC2=O)c1. The normalized spacial score (nSPS) is 16.9. The molecular weight excluding hydrogens is 376 g/mol. The molecule has 158 valence electrons. The van der Waals surface area contributed by atoms with Crippen molar-refractivity contribution >= 4 is 23.2 Å². The summed E-state index contributed by atoms with van der Waals surface area (Å²) in [5, 5.41) is 2.98. The Balaban J connectivity index is 1.46. The number of fused-ring (bicyclic) bond motifs is 1. The zero-order valence-electron chi connectivity index (χ0n) is 17.9. The van der Waals surface area contributed by atoms with Crippen LogP contribution >= 0.6 is 0 Å². The van der Waals surface area contributed by atoms with E-state index in [-0.39, 0.29) is 11.8 Å². The van der Waals surface area contributed by atoms with Crippen molar-refractivity contribution in [2.45, 2.75) is 64.9 Å². The number of amides is 2. The number of nitrogens with one attached hydrogen (secondary N) is 1. The van der Waals surface area contributed by atoms with Crippen LogP contribution in [0.3, 0.4) is 0 Å². The van der Waals surface area contributed by atoms with Crippen molar-refractivity contribution in [1.82, 2.24) is 0 Å². The maximum atomic E-state index is 12.9. The lowest BCUT2D eigenvalue weighted by Crippen LogP contribution is -2.32. The lowest BCUT2D eigenvalue weighted by atomic mass is 9.92. The highest BCUT2D eigenvalue weighted by Crippen LogP contribution is 2.29. The predicted octanol–water partition coefficient (Wildman–Crippen LogP) is 4.80. The minimum Gasteiger partial charge on any atom is -0.481 e. The molecule has 4 rings (SSSR count). The summed E-state index contributed by atoms with van der Waals surface area (Å²) in [5.41, 5.74) is 5.33. The van der Waals surface area contributed by atoms with Gasteiger partial charge < -0.3 is 15.0 Å². The van der Waals surface area contributed by atoms with Crippen LogP contribution in [0.5, 0.6) is 5.75 Å². The van der Waals surface area contributed by atoms with Crippen molar-refractivity contribution < 1.29 is 14.3 Å². The predicted molar refractivity (Wildman–Crippen MR) is 119 cm³/mol. The molecule has 1 atom stereocenters. The molecule has 0 bridgehead atoms. The highest BCUT2D eigenvalue weighted by molar-refractivity contribution is 5.98. The van der Waals surface area contributed by atoms with Gasteiger partial charge in [0.05, 0.1) is 0 Å². The minimum atomic E-state index is -0.565. The zero-order chi connectivity index (χ0) is 21.1. The van der Waals surface area contributed by atoms with Gasteiger partial charge in [0.25, 0.3) is 5.91 Å². The molecule has 2 aromatic carbocycles. The van der Waals surface area contributed by atoms with Crippen molar-refractivity contribution in [2.24, 2.45) is 0 Å². The van der Waals surface area contributed by atoms with Gasteiger partial charge in [0.1, 0.15) is 5.75 Å². The Bertz CT molecular complexity index is 953. The molecule has 5 heteroatoms. The molecule has 0 spiro atoms. The van der Waals surface area contributed by atoms with Gasteiger partial charge >= 0.3 is 0 Å². The van der Waals surface area contributed by atoms with Gasteiger partial charge in [0.2, 0.25) is 5.91 Å². The van der Waals surface area contributed by atoms with Crippen molar-refractivity contribution in [3.8, 4) is 5.75 Å². The van der Waals surface area contributed by atoms with Gasteiger partial charge in [0, 0.05) is 24.3 Å². The van der Waals surface area contributed by atoms with E-state index in [1.807, 2.05) is 43.0 Å². The molecule has 2 aromatic rings. The van der Waals surface area contributed by atoms with Gasteiger partial charge in [-0.2, -0.15) is 0 Å². The molecule has 30 heavy (non-hydrogen) atoms. The lowest BCUT2D eigenvalue weighted by molar-refractivity contribution is -0.122. The number of nitrogens with zero attached hydrogens (tertiary/aromatic N) is 1. The third-order valence-corrected chi connectivity index (χ3v) is 6.10. The molecule has 2 aliphatic rings. The average molecular weight is 407 g/mol. The third-order valence-electron chi connectivity index (χ3n) is 6.10. The number of carbonyl (C=O) groups excluding carboxylic acids is 2. The Labute approximate surface area is 178 Å². The van der Waals surface area contributed by atoms with E-state index < -0.39 is 6.10 Å². The minimum absolute atomic E-state index is 0.142. The monoisotopic (exact) mass is 406 g/mol. The summed E-state index contributed by atoms with van der Waals surface area (Å²) in [5.74, 6) is 0.728. The second-order valence-corrected chi connectivity index (χ2v) is 8.29. The number of carbonyl (C=O) groups is 2. The van der Waals surface area contributed by atoms with Crippen molar-refractivity contribution in [1.29, 1.82) is 0 Å². The summed E-state index contributed by atoms with van der Waals surface area (Å²) < 4.78 is 6.06. The van der Waals surface area contributed by atoms with Crippen LogP contribution in [-0.4, -0.2) is 24.5 Å². The van der Waals surface area contributed by atoms with Gasteiger partial charge in [-0.25, -0.2) is 0 Å². The van der Waals surface area contributed by atoms with E-state index >= 15 is 0 Å². The van der Waals surface area contributed by atoms with Crippen molar-refractivity contribution in [3.63, 3.8) is 0 Å². The lowest BCUT2D eigenvalue weighted by Gasteiger charge is -2.22. The van der Waals surface area contributed by atoms with Crippen LogP contribution in [0.25, 0.3) is 0 Å². The first-order valence-corrected chi connectivity index (χ1v) is 11.1. The van der Waals surface area contributed by atoms with E-state index in [0.29, 0.717) is 18.5 Å². The molecule has 0 saturated carbocycles. The van der Waals surface area contributed by atoms with Crippen LogP contribution in [0.15, 0.2) is 36.4 Å². The van der Waals surface area contributed by atoms with E-state index in [0.717, 1.165) is 42.8 Å². The second-order valence-electron chi connectivity index (χ2n) is 8.29. The van der Waals surface area contributed by atoms with E-state index in [9.17, 15) is 9.59 Å². The summed E-state index contributed by atoms with van der Waals surface area (Å²) in [6.45, 7) is 4.67. The Hall–Kier alpha value is -2.82. The first-order valence-electron chi connectivity index (χ1n) is 11.1. The average Bonchev–Trinajstić information content (AvgIpc) is 3.18. The summed E-state index contributed by atoms with van der Waals surface area (Å²) in [6.07, 6.45) is 6.14. The fourth-order valence-corrected chi connectivity index (χ4v) is 4.37. The Morgan fingerprint density at radius 1 is 1.07 bits per heavy atom. The molecule has 1 N–H and O–H groups in total. The molecule has 0 radical (unpaired) electrons. The van der Waals surface area contributed by atoms with Crippen LogP contribution in [0.2, 0.25) is 0 Å². The fourth-order valence-electron chi connectivity index (χ4n) is 4.37. The van der Waals surface area contributed by atoms with Crippen molar-refractivity contribution in [2.75, 3.05) is 16.8 Å². The van der Waals surface area contributed by atoms with Crippen LogP contribution < -0.4 is 15.0 Å². The van der Waals surface area contributed by atoms with Gasteiger partial charge in [-0.1, -0.05) is 19.1 Å². The largest absolute Gasteiger partial charge is 0.481 e. The Morgan fingerprint density at radius 3 is 2.60 bits per heavy atom.